The van der Waals surface area contributed by atoms with Gasteiger partial charge in [0.25, 0.3) is 0 Å². The van der Waals surface area contributed by atoms with Gasteiger partial charge in [-0.2, -0.15) is 0 Å². The Labute approximate surface area is 295 Å². The Hall–Kier alpha value is -5.60. The number of hydrogen-bond donors (Lipinski definition) is 8. The number of unbranched alkanes of at least 4 members (excludes halogenated alkanes) is 1. The molecule has 3 amide bonds. The number of rotatable bonds is 20. The summed E-state index contributed by atoms with van der Waals surface area (Å²) in [5.41, 5.74) is 13.1. The Balaban J connectivity index is 1.56. The number of nitrogens with one attached hydrogen (secondary N) is 4. The lowest BCUT2D eigenvalue weighted by Gasteiger charge is -2.31. The molecule has 0 fully saturated rings. The number of aromatic nitrogens is 2. The first-order chi connectivity index (χ1) is 24.5. The van der Waals surface area contributed by atoms with Crippen molar-refractivity contribution in [2.45, 2.75) is 75.0 Å². The average Bonchev–Trinajstić information content (AvgIpc) is 3.62. The van der Waals surface area contributed by atoms with Gasteiger partial charge in [0, 0.05) is 31.2 Å². The van der Waals surface area contributed by atoms with E-state index in [1.165, 1.54) is 6.33 Å². The monoisotopic (exact) mass is 699 g/mol. The molecule has 0 saturated carbocycles. The fraction of sp³-hybridized carbons (Fsp3) is 0.351. The first-order valence-corrected chi connectivity index (χ1v) is 16.8. The van der Waals surface area contributed by atoms with Gasteiger partial charge in [0.05, 0.1) is 6.33 Å². The van der Waals surface area contributed by atoms with E-state index in [9.17, 15) is 34.2 Å². The zero-order valence-electron chi connectivity index (χ0n) is 28.2. The summed E-state index contributed by atoms with van der Waals surface area (Å²) in [6.07, 6.45) is 3.50. The molecule has 0 saturated heterocycles. The van der Waals surface area contributed by atoms with Gasteiger partial charge in [-0.25, -0.2) is 9.78 Å². The summed E-state index contributed by atoms with van der Waals surface area (Å²) in [4.78, 5) is 72.0. The lowest BCUT2D eigenvalue weighted by atomic mass is 9.85. The van der Waals surface area contributed by atoms with Crippen molar-refractivity contribution >= 4 is 40.4 Å². The number of aromatic amines is 1. The Morgan fingerprint density at radius 3 is 2.08 bits per heavy atom. The van der Waals surface area contributed by atoms with Gasteiger partial charge in [0.2, 0.25) is 17.7 Å². The first-order valence-electron chi connectivity index (χ1n) is 16.8. The molecule has 1 unspecified atom stereocenters. The van der Waals surface area contributed by atoms with Crippen LogP contribution in [-0.2, 0) is 43.2 Å². The minimum absolute atomic E-state index is 0.0363. The molecule has 0 bridgehead atoms. The number of carboxylic acid groups (broad SMARTS) is 2. The summed E-state index contributed by atoms with van der Waals surface area (Å²) >= 11 is 0. The molecule has 1 aromatic heterocycles. The summed E-state index contributed by atoms with van der Waals surface area (Å²) in [7, 11) is 0. The van der Waals surface area contributed by atoms with E-state index in [2.05, 4.69) is 25.9 Å². The molecular weight excluding hydrogens is 654 g/mol. The van der Waals surface area contributed by atoms with Crippen molar-refractivity contribution in [1.82, 2.24) is 25.9 Å². The topological polar surface area (TPSA) is 243 Å². The zero-order chi connectivity index (χ0) is 36.8. The van der Waals surface area contributed by atoms with Crippen LogP contribution in [0.3, 0.4) is 0 Å². The number of benzene rings is 3. The number of hydrogen-bond acceptors (Lipinski definition) is 8. The van der Waals surface area contributed by atoms with E-state index in [0.717, 1.165) is 16.3 Å². The van der Waals surface area contributed by atoms with E-state index in [4.69, 9.17) is 11.5 Å². The molecule has 3 aromatic carbocycles. The van der Waals surface area contributed by atoms with Gasteiger partial charge in [0.15, 0.2) is 0 Å². The van der Waals surface area contributed by atoms with Crippen LogP contribution >= 0.6 is 0 Å². The van der Waals surface area contributed by atoms with Crippen molar-refractivity contribution in [2.24, 2.45) is 11.5 Å². The number of amides is 3. The van der Waals surface area contributed by atoms with Crippen LogP contribution in [0.25, 0.3) is 10.8 Å². The molecule has 14 nitrogen and oxygen atoms in total. The van der Waals surface area contributed by atoms with E-state index < -0.39 is 59.7 Å². The fourth-order valence-corrected chi connectivity index (χ4v) is 5.85. The predicted molar refractivity (Wildman–Crippen MR) is 190 cm³/mol. The van der Waals surface area contributed by atoms with Crippen LogP contribution < -0.4 is 27.4 Å². The maximum atomic E-state index is 14.1. The molecule has 1 heterocycles. The van der Waals surface area contributed by atoms with E-state index >= 15 is 0 Å². The number of carboxylic acids is 2. The van der Waals surface area contributed by atoms with Crippen molar-refractivity contribution in [3.8, 4) is 0 Å². The molecule has 4 aromatic rings. The van der Waals surface area contributed by atoms with E-state index in [-0.39, 0.29) is 32.1 Å². The Bertz CT molecular complexity index is 1780. The van der Waals surface area contributed by atoms with E-state index in [0.29, 0.717) is 30.6 Å². The van der Waals surface area contributed by atoms with Gasteiger partial charge in [-0.05, 0) is 60.5 Å². The molecule has 270 valence electrons. The van der Waals surface area contributed by atoms with Crippen molar-refractivity contribution in [2.75, 3.05) is 6.54 Å². The number of aliphatic carboxylic acids is 2. The molecule has 4 atom stereocenters. The van der Waals surface area contributed by atoms with Crippen LogP contribution in [0, 0.1) is 0 Å². The number of carbonyl (C=O) groups is 5. The zero-order valence-corrected chi connectivity index (χ0v) is 28.2. The maximum Gasteiger partial charge on any atom is 0.326 e. The van der Waals surface area contributed by atoms with Gasteiger partial charge in [0.1, 0.15) is 23.7 Å². The van der Waals surface area contributed by atoms with Crippen molar-refractivity contribution in [1.29, 1.82) is 0 Å². The van der Waals surface area contributed by atoms with E-state index in [1.807, 2.05) is 42.5 Å². The smallest absolute Gasteiger partial charge is 0.326 e. The minimum Gasteiger partial charge on any atom is -0.481 e. The Kier molecular flexibility index (Phi) is 13.8. The van der Waals surface area contributed by atoms with Crippen LogP contribution in [0.4, 0.5) is 0 Å². The summed E-state index contributed by atoms with van der Waals surface area (Å²) < 4.78 is 0. The van der Waals surface area contributed by atoms with Crippen LogP contribution in [0.1, 0.15) is 48.9 Å². The number of nitrogens with zero attached hydrogens (tertiary/aromatic N) is 1. The first kappa shape index (κ1) is 38.2. The second kappa shape index (κ2) is 18.4. The molecule has 0 radical (unpaired) electrons. The second-order valence-electron chi connectivity index (χ2n) is 12.7. The van der Waals surface area contributed by atoms with Crippen LogP contribution in [0.2, 0.25) is 0 Å². The highest BCUT2D eigenvalue weighted by Gasteiger charge is 2.38. The van der Waals surface area contributed by atoms with Gasteiger partial charge in [-0.3, -0.25) is 19.2 Å². The van der Waals surface area contributed by atoms with Crippen molar-refractivity contribution in [3.63, 3.8) is 0 Å². The summed E-state index contributed by atoms with van der Waals surface area (Å²) in [5, 5.41) is 29.0. The Morgan fingerprint density at radius 2 is 1.43 bits per heavy atom. The minimum atomic E-state index is -1.55. The summed E-state index contributed by atoms with van der Waals surface area (Å²) in [6, 6.07) is 18.3. The molecule has 10 N–H and O–H groups in total. The standard InChI is InChI=1S/C37H45N7O7/c38-17-7-6-12-29(33(47)42-30(15-16-32(45)46)34(48)43-31(35(49)50)19-24-8-2-1-3-9-24)44-36(51)37(39,21-28-22-40-23-41-28)20-25-13-14-26-10-4-5-11-27(26)18-25/h1-5,8-11,13-14,18,22-23,29-31H,6-7,12,15-17,19-21,38-39H2,(H,40,41)(H,42,47)(H,43,48)(H,44,51)(H,45,46)(H,49,50)/t29-,30-,31-,37?/m0/s1. The molecule has 4 rings (SSSR count). The van der Waals surface area contributed by atoms with Gasteiger partial charge in [-0.1, -0.05) is 72.8 Å². The van der Waals surface area contributed by atoms with Crippen molar-refractivity contribution < 1.29 is 34.2 Å². The summed E-state index contributed by atoms with van der Waals surface area (Å²) in [6.45, 7) is 0.340. The van der Waals surface area contributed by atoms with Crippen LogP contribution in [0.15, 0.2) is 85.3 Å². The summed E-state index contributed by atoms with van der Waals surface area (Å²) in [5.74, 6) is -4.77. The van der Waals surface area contributed by atoms with Crippen molar-refractivity contribution in [3.05, 3.63) is 102 Å². The lowest BCUT2D eigenvalue weighted by molar-refractivity contribution is -0.143. The van der Waals surface area contributed by atoms with Gasteiger partial charge >= 0.3 is 11.9 Å². The maximum absolute atomic E-state index is 14.1. The molecular formula is C37H45N7O7. The predicted octanol–water partition coefficient (Wildman–Crippen LogP) is 1.82. The normalized spacial score (nSPS) is 14.1. The number of imidazole rings is 1. The quantitative estimate of drug-likeness (QED) is 0.0622. The van der Waals surface area contributed by atoms with Gasteiger partial charge in [-0.15, -0.1) is 0 Å². The molecule has 14 heteroatoms. The molecule has 51 heavy (non-hydrogen) atoms. The fourth-order valence-electron chi connectivity index (χ4n) is 5.85. The van der Waals surface area contributed by atoms with Crippen LogP contribution in [0.5, 0.6) is 0 Å². The number of fused-ring (bicyclic) bond motifs is 1. The number of H-pyrrole nitrogens is 1. The molecule has 0 aliphatic heterocycles. The molecule has 0 spiro atoms. The SMILES string of the molecule is NCCCC[C@H](NC(=O)C(N)(Cc1ccc2ccccc2c1)Cc1cnc[nH]1)C(=O)N[C@@H](CCC(=O)O)C(=O)N[C@@H](Cc1ccccc1)C(=O)O. The lowest BCUT2D eigenvalue weighted by Crippen LogP contribution is -2.62. The van der Waals surface area contributed by atoms with Crippen LogP contribution in [-0.4, -0.2) is 80.1 Å². The largest absolute Gasteiger partial charge is 0.481 e. The Morgan fingerprint density at radius 1 is 0.765 bits per heavy atom. The third-order valence-electron chi connectivity index (χ3n) is 8.59. The van der Waals surface area contributed by atoms with E-state index in [1.54, 1.807) is 36.5 Å². The highest BCUT2D eigenvalue weighted by molar-refractivity contribution is 5.95. The third kappa shape index (κ3) is 11.5. The third-order valence-corrected chi connectivity index (χ3v) is 8.59. The number of carbonyl (C=O) groups excluding carboxylic acids is 3. The second-order valence-corrected chi connectivity index (χ2v) is 12.7. The highest BCUT2D eigenvalue weighted by Crippen LogP contribution is 2.22. The van der Waals surface area contributed by atoms with Gasteiger partial charge < -0.3 is 42.6 Å². The highest BCUT2D eigenvalue weighted by atomic mass is 16.4. The number of nitrogens with two attached hydrogens (primary N) is 2. The average molecular weight is 700 g/mol. The molecule has 0 aliphatic rings. The molecule has 0 aliphatic carbocycles.